The molecule has 1 aliphatic heterocycles. The first-order valence-corrected chi connectivity index (χ1v) is 13.3. The summed E-state index contributed by atoms with van der Waals surface area (Å²) in [6, 6.07) is 7.44. The number of hydrogen-bond donors (Lipinski definition) is 2. The van der Waals surface area contributed by atoms with Crippen molar-refractivity contribution in [1.82, 2.24) is 30.5 Å². The van der Waals surface area contributed by atoms with Crippen LogP contribution in [0.3, 0.4) is 0 Å². The maximum Gasteiger partial charge on any atom is 0.343 e. The van der Waals surface area contributed by atoms with Gasteiger partial charge in [-0.2, -0.15) is 20.5 Å². The molecule has 0 radical (unpaired) electrons. The van der Waals surface area contributed by atoms with Crippen molar-refractivity contribution < 1.29 is 19.1 Å². The van der Waals surface area contributed by atoms with Crippen molar-refractivity contribution in [3.63, 3.8) is 0 Å². The zero-order chi connectivity index (χ0) is 27.6. The molecular weight excluding hydrogens is 498 g/mol. The Morgan fingerprint density at radius 2 is 1.97 bits per heavy atom. The molecule has 1 aromatic carbocycles. The lowest BCUT2D eigenvalue weighted by Crippen LogP contribution is -2.55. The van der Waals surface area contributed by atoms with E-state index in [4.69, 9.17) is 9.47 Å². The van der Waals surface area contributed by atoms with E-state index >= 15 is 0 Å². The first-order valence-electron chi connectivity index (χ1n) is 13.3. The minimum atomic E-state index is -0.672. The van der Waals surface area contributed by atoms with Crippen molar-refractivity contribution in [2.45, 2.75) is 58.2 Å². The van der Waals surface area contributed by atoms with Crippen LogP contribution in [0.25, 0.3) is 11.1 Å². The van der Waals surface area contributed by atoms with Crippen molar-refractivity contribution in [2.24, 2.45) is 11.8 Å². The number of carbonyl (C=O) groups is 2. The van der Waals surface area contributed by atoms with Crippen molar-refractivity contribution in [1.29, 1.82) is 0 Å². The van der Waals surface area contributed by atoms with Crippen LogP contribution in [0.4, 0.5) is 10.7 Å². The Kier molecular flexibility index (Phi) is 7.51. The number of carbonyl (C=O) groups excluding carboxylic acids is 2. The quantitative estimate of drug-likeness (QED) is 0.416. The fraction of sp³-hybridized carbons (Fsp3) is 0.464. The van der Waals surface area contributed by atoms with Crippen LogP contribution in [-0.4, -0.2) is 56.8 Å². The fourth-order valence-electron chi connectivity index (χ4n) is 5.51. The summed E-state index contributed by atoms with van der Waals surface area (Å²) >= 11 is 0. The van der Waals surface area contributed by atoms with Crippen LogP contribution < -0.4 is 19.9 Å². The Morgan fingerprint density at radius 3 is 2.64 bits per heavy atom. The summed E-state index contributed by atoms with van der Waals surface area (Å²) in [6.45, 7) is 4.51. The van der Waals surface area contributed by atoms with Gasteiger partial charge in [0.15, 0.2) is 0 Å². The van der Waals surface area contributed by atoms with E-state index in [9.17, 15) is 9.59 Å². The van der Waals surface area contributed by atoms with Gasteiger partial charge in [-0.15, -0.1) is 0 Å². The summed E-state index contributed by atoms with van der Waals surface area (Å²) in [5.41, 5.74) is 5.15. The second kappa shape index (κ2) is 11.0. The molecule has 3 heterocycles. The molecule has 2 aliphatic rings. The molecule has 1 spiro atoms. The number of H-pyrrole nitrogens is 1. The van der Waals surface area contributed by atoms with Crippen molar-refractivity contribution in [2.75, 3.05) is 19.2 Å². The summed E-state index contributed by atoms with van der Waals surface area (Å²) in [6.07, 6.45) is 8.28. The van der Waals surface area contributed by atoms with E-state index in [1.165, 1.54) is 12.1 Å². The minimum absolute atomic E-state index is 0.00762. The number of methoxy groups -OCH3 is 2. The number of amides is 2. The third-order valence-corrected chi connectivity index (χ3v) is 7.55. The van der Waals surface area contributed by atoms with E-state index in [1.54, 1.807) is 25.7 Å². The van der Waals surface area contributed by atoms with Crippen molar-refractivity contribution >= 4 is 17.8 Å². The zero-order valence-electron chi connectivity index (χ0n) is 22.8. The van der Waals surface area contributed by atoms with Crippen LogP contribution in [0, 0.1) is 11.8 Å². The molecule has 2 N–H and O–H groups in total. The Bertz CT molecular complexity index is 1320. The number of Topliss-reactive ketones (excluding diaryl/α,β-unsaturated/α-hetero) is 1. The van der Waals surface area contributed by atoms with Gasteiger partial charge in [0.05, 0.1) is 26.0 Å². The van der Waals surface area contributed by atoms with Gasteiger partial charge in [0.1, 0.15) is 17.2 Å². The minimum Gasteiger partial charge on any atom is -0.497 e. The molecule has 11 heteroatoms. The number of benzene rings is 1. The molecule has 39 heavy (non-hydrogen) atoms. The van der Waals surface area contributed by atoms with E-state index in [0.29, 0.717) is 61.8 Å². The number of ketones is 1. The van der Waals surface area contributed by atoms with Gasteiger partial charge >= 0.3 is 6.03 Å². The molecule has 0 atom stereocenters. The lowest BCUT2D eigenvalue weighted by Gasteiger charge is -2.42. The second-order valence-electron chi connectivity index (χ2n) is 10.6. The monoisotopic (exact) mass is 533 g/mol. The van der Waals surface area contributed by atoms with E-state index in [-0.39, 0.29) is 17.9 Å². The average Bonchev–Trinajstić information content (AvgIpc) is 3.57. The van der Waals surface area contributed by atoms with Crippen LogP contribution in [0.2, 0.25) is 0 Å². The van der Waals surface area contributed by atoms with Crippen molar-refractivity contribution in [3.8, 4) is 22.8 Å². The highest BCUT2D eigenvalue weighted by molar-refractivity contribution is 5.92. The maximum atomic E-state index is 14.0. The maximum absolute atomic E-state index is 14.0. The smallest absolute Gasteiger partial charge is 0.343 e. The van der Waals surface area contributed by atoms with Gasteiger partial charge in [-0.05, 0) is 49.3 Å². The summed E-state index contributed by atoms with van der Waals surface area (Å²) in [7, 11) is 3.15. The van der Waals surface area contributed by atoms with Crippen molar-refractivity contribution in [3.05, 3.63) is 48.4 Å². The second-order valence-corrected chi connectivity index (χ2v) is 10.6. The predicted molar refractivity (Wildman–Crippen MR) is 145 cm³/mol. The molecule has 2 amide bonds. The van der Waals surface area contributed by atoms with Crippen LogP contribution in [0.15, 0.2) is 42.9 Å². The van der Waals surface area contributed by atoms with E-state index in [0.717, 1.165) is 16.9 Å². The Morgan fingerprint density at radius 1 is 1.18 bits per heavy atom. The molecule has 11 nitrogen and oxygen atoms in total. The number of urea groups is 1. The number of nitrogens with one attached hydrogen (secondary N) is 2. The Hall–Kier alpha value is -3.99. The SMILES string of the molecule is COc1cccc(CN2C(=O)N(c3ncc(-c4cn[nH]c4)c(OC)n3)NC23CCC(C(=O)CC(C)C)CC3)c1. The highest BCUT2D eigenvalue weighted by Crippen LogP contribution is 2.41. The molecule has 1 saturated heterocycles. The first-order chi connectivity index (χ1) is 18.8. The molecular formula is C28H35N7O4. The Labute approximate surface area is 227 Å². The molecule has 0 bridgehead atoms. The molecule has 3 aromatic rings. The first kappa shape index (κ1) is 26.6. The number of aromatic amines is 1. The normalized spacial score (nSPS) is 21.2. The van der Waals surface area contributed by atoms with Crippen LogP contribution in [0.1, 0.15) is 51.5 Å². The summed E-state index contributed by atoms with van der Waals surface area (Å²) in [5, 5.41) is 8.16. The summed E-state index contributed by atoms with van der Waals surface area (Å²) < 4.78 is 10.9. The zero-order valence-corrected chi connectivity index (χ0v) is 22.8. The van der Waals surface area contributed by atoms with Crippen LogP contribution >= 0.6 is 0 Å². The van der Waals surface area contributed by atoms with Gasteiger partial charge < -0.3 is 9.47 Å². The number of hydrogen-bond acceptors (Lipinski definition) is 8. The highest BCUT2D eigenvalue weighted by Gasteiger charge is 2.52. The summed E-state index contributed by atoms with van der Waals surface area (Å²) in [5.74, 6) is 1.89. The average molecular weight is 534 g/mol. The molecule has 5 rings (SSSR count). The molecule has 206 valence electrons. The summed E-state index contributed by atoms with van der Waals surface area (Å²) in [4.78, 5) is 37.7. The van der Waals surface area contributed by atoms with Gasteiger partial charge in [-0.3, -0.25) is 14.8 Å². The lowest BCUT2D eigenvalue weighted by atomic mass is 9.78. The van der Waals surface area contributed by atoms with Gasteiger partial charge in [0, 0.05) is 36.8 Å². The molecule has 2 aromatic heterocycles. The fourth-order valence-corrected chi connectivity index (χ4v) is 5.51. The number of nitrogens with zero attached hydrogens (tertiary/aromatic N) is 5. The third kappa shape index (κ3) is 5.31. The number of rotatable bonds is 9. The van der Waals surface area contributed by atoms with Gasteiger partial charge in [0.2, 0.25) is 5.88 Å². The number of anilines is 1. The topological polar surface area (TPSA) is 126 Å². The Balaban J connectivity index is 1.45. The molecule has 1 aliphatic carbocycles. The van der Waals surface area contributed by atoms with Crippen LogP contribution in [0.5, 0.6) is 11.6 Å². The third-order valence-electron chi connectivity index (χ3n) is 7.55. The molecule has 0 unspecified atom stereocenters. The number of ether oxygens (including phenoxy) is 2. The van der Waals surface area contributed by atoms with E-state index < -0.39 is 5.66 Å². The molecule has 2 fully saturated rings. The number of aromatic nitrogens is 4. The largest absolute Gasteiger partial charge is 0.497 e. The van der Waals surface area contributed by atoms with Gasteiger partial charge in [-0.25, -0.2) is 9.78 Å². The van der Waals surface area contributed by atoms with Crippen LogP contribution in [-0.2, 0) is 11.3 Å². The van der Waals surface area contributed by atoms with Gasteiger partial charge in [0.25, 0.3) is 5.95 Å². The highest BCUT2D eigenvalue weighted by atomic mass is 16.5. The van der Waals surface area contributed by atoms with E-state index in [1.807, 2.05) is 29.2 Å². The molecule has 1 saturated carbocycles. The number of hydrazine groups is 1. The standard InChI is InChI=1S/C28H35N7O4/c1-18(2)12-24(36)20-8-10-28(11-9-20)33-35(27(37)34(28)17-19-6-5-7-22(13-19)38-3)26-29-16-23(25(32-26)39-4)21-14-30-31-15-21/h5-7,13-16,18,20,33H,8-12,17H2,1-4H3,(H,30,31). The van der Waals surface area contributed by atoms with E-state index in [2.05, 4.69) is 39.4 Å². The lowest BCUT2D eigenvalue weighted by molar-refractivity contribution is -0.125. The predicted octanol–water partition coefficient (Wildman–Crippen LogP) is 4.33. The van der Waals surface area contributed by atoms with Gasteiger partial charge in [-0.1, -0.05) is 26.0 Å².